The molecule has 0 spiro atoms. The SMILES string of the molecule is C=C[C@H]1CC[C@H]2[C@@H]3CC[C@H]4C[C@@H](O[C@@H]5O[C@@H](C)[C@@H](O)[C@@H](O)[C@@H]5O)CC[C@]4(C)[C@H]3CC[C@]12C. The molecule has 5 nitrogen and oxygen atoms in total. The van der Waals surface area contributed by atoms with Gasteiger partial charge in [-0.25, -0.2) is 0 Å². The van der Waals surface area contributed by atoms with E-state index in [0.29, 0.717) is 22.7 Å². The van der Waals surface area contributed by atoms with Gasteiger partial charge in [0.1, 0.15) is 18.3 Å². The summed E-state index contributed by atoms with van der Waals surface area (Å²) in [5.74, 6) is 3.88. The molecule has 32 heavy (non-hydrogen) atoms. The number of hydrogen-bond acceptors (Lipinski definition) is 5. The van der Waals surface area contributed by atoms with Crippen LogP contribution in [0.3, 0.4) is 0 Å². The van der Waals surface area contributed by atoms with Crippen LogP contribution in [0.15, 0.2) is 12.7 Å². The zero-order valence-electron chi connectivity index (χ0n) is 20.2. The number of fused-ring (bicyclic) bond motifs is 5. The van der Waals surface area contributed by atoms with Crippen molar-refractivity contribution in [1.82, 2.24) is 0 Å². The number of aliphatic hydroxyl groups excluding tert-OH is 3. The van der Waals surface area contributed by atoms with Gasteiger partial charge in [0.2, 0.25) is 0 Å². The van der Waals surface area contributed by atoms with Crippen LogP contribution in [0.2, 0.25) is 0 Å². The van der Waals surface area contributed by atoms with Crippen molar-refractivity contribution in [2.75, 3.05) is 0 Å². The first kappa shape index (κ1) is 23.3. The van der Waals surface area contributed by atoms with Crippen molar-refractivity contribution in [2.45, 2.75) is 115 Å². The minimum Gasteiger partial charge on any atom is -0.388 e. The Morgan fingerprint density at radius 3 is 2.34 bits per heavy atom. The van der Waals surface area contributed by atoms with Crippen molar-refractivity contribution < 1.29 is 24.8 Å². The standard InChI is InChI=1S/C27H44O5/c1-5-16-7-9-20-19-8-6-17-14-18(32-25-24(30)23(29)22(28)15(2)31-25)10-12-27(17,4)21(19)11-13-26(16,20)3/h5,15-25,28-30H,1,6-14H2,2-4H3/t15-,16-,17-,18-,19-,20-,21-,22+,23+,24-,25-,26+,27-/m0/s1. The van der Waals surface area contributed by atoms with Gasteiger partial charge in [0, 0.05) is 0 Å². The Labute approximate surface area is 193 Å². The molecular weight excluding hydrogens is 404 g/mol. The minimum atomic E-state index is -1.23. The molecule has 4 aliphatic carbocycles. The Bertz CT molecular complexity index is 712. The van der Waals surface area contributed by atoms with Crippen LogP contribution in [0.4, 0.5) is 0 Å². The lowest BCUT2D eigenvalue weighted by molar-refractivity contribution is -0.309. The Kier molecular flexibility index (Phi) is 6.07. The number of aliphatic hydroxyl groups is 3. The molecule has 5 fully saturated rings. The molecule has 0 bridgehead atoms. The monoisotopic (exact) mass is 448 g/mol. The highest BCUT2D eigenvalue weighted by molar-refractivity contribution is 5.11. The van der Waals surface area contributed by atoms with Gasteiger partial charge in [0.15, 0.2) is 6.29 Å². The molecule has 0 aromatic heterocycles. The lowest BCUT2D eigenvalue weighted by atomic mass is 9.44. The molecule has 3 N–H and O–H groups in total. The van der Waals surface area contributed by atoms with Gasteiger partial charge in [-0.1, -0.05) is 19.9 Å². The van der Waals surface area contributed by atoms with Crippen molar-refractivity contribution in [3.63, 3.8) is 0 Å². The molecule has 0 aromatic rings. The molecule has 13 atom stereocenters. The average molecular weight is 449 g/mol. The molecule has 0 unspecified atom stereocenters. The van der Waals surface area contributed by atoms with Gasteiger partial charge in [-0.2, -0.15) is 0 Å². The molecule has 5 aliphatic rings. The lowest BCUT2D eigenvalue weighted by Gasteiger charge is -2.61. The lowest BCUT2D eigenvalue weighted by Crippen LogP contribution is -2.58. The molecule has 4 saturated carbocycles. The number of ether oxygens (including phenoxy) is 2. The Morgan fingerprint density at radius 2 is 1.59 bits per heavy atom. The Balaban J connectivity index is 1.26. The predicted octanol–water partition coefficient (Wildman–Crippen LogP) is 4.04. The van der Waals surface area contributed by atoms with E-state index < -0.39 is 30.7 Å². The van der Waals surface area contributed by atoms with Crippen molar-refractivity contribution in [1.29, 1.82) is 0 Å². The fraction of sp³-hybridized carbons (Fsp3) is 0.926. The highest BCUT2D eigenvalue weighted by Gasteiger charge is 2.60. The van der Waals surface area contributed by atoms with Gasteiger partial charge in [-0.15, -0.1) is 6.58 Å². The van der Waals surface area contributed by atoms with E-state index in [1.54, 1.807) is 6.92 Å². The fourth-order valence-corrected chi connectivity index (χ4v) is 9.09. The number of allylic oxidation sites excluding steroid dienone is 1. The first-order valence-corrected chi connectivity index (χ1v) is 13.2. The molecule has 0 amide bonds. The highest BCUT2D eigenvalue weighted by atomic mass is 16.7. The van der Waals surface area contributed by atoms with Crippen molar-refractivity contribution >= 4 is 0 Å². The van der Waals surface area contributed by atoms with E-state index in [1.807, 2.05) is 0 Å². The van der Waals surface area contributed by atoms with E-state index >= 15 is 0 Å². The number of rotatable bonds is 3. The predicted molar refractivity (Wildman–Crippen MR) is 123 cm³/mol. The van der Waals surface area contributed by atoms with Crippen LogP contribution < -0.4 is 0 Å². The Hall–Kier alpha value is -0.460. The summed E-state index contributed by atoms with van der Waals surface area (Å²) in [5.41, 5.74) is 0.842. The zero-order valence-corrected chi connectivity index (χ0v) is 20.2. The summed E-state index contributed by atoms with van der Waals surface area (Å²) in [6.45, 7) is 11.0. The second kappa shape index (κ2) is 8.34. The summed E-state index contributed by atoms with van der Waals surface area (Å²) in [6, 6.07) is 0. The molecule has 5 heteroatoms. The van der Waals surface area contributed by atoms with Crippen LogP contribution in [-0.2, 0) is 9.47 Å². The van der Waals surface area contributed by atoms with E-state index in [9.17, 15) is 15.3 Å². The molecule has 0 aromatic carbocycles. The van der Waals surface area contributed by atoms with E-state index in [2.05, 4.69) is 26.5 Å². The van der Waals surface area contributed by atoms with Crippen LogP contribution in [0.5, 0.6) is 0 Å². The van der Waals surface area contributed by atoms with Gasteiger partial charge < -0.3 is 24.8 Å². The third-order valence-electron chi connectivity index (χ3n) is 11.1. The van der Waals surface area contributed by atoms with E-state index in [0.717, 1.165) is 30.6 Å². The molecule has 0 radical (unpaired) electrons. The largest absolute Gasteiger partial charge is 0.388 e. The summed E-state index contributed by atoms with van der Waals surface area (Å²) >= 11 is 0. The highest BCUT2D eigenvalue weighted by Crippen LogP contribution is 2.67. The maximum atomic E-state index is 10.4. The molecule has 1 aliphatic heterocycles. The van der Waals surface area contributed by atoms with Crippen LogP contribution >= 0.6 is 0 Å². The first-order valence-electron chi connectivity index (χ1n) is 13.2. The molecule has 1 heterocycles. The molecule has 182 valence electrons. The van der Waals surface area contributed by atoms with Crippen LogP contribution in [-0.4, -0.2) is 52.1 Å². The van der Waals surface area contributed by atoms with Crippen molar-refractivity contribution in [3.05, 3.63) is 12.7 Å². The zero-order chi connectivity index (χ0) is 22.8. The second-order valence-corrected chi connectivity index (χ2v) is 12.3. The summed E-state index contributed by atoms with van der Waals surface area (Å²) in [7, 11) is 0. The van der Waals surface area contributed by atoms with E-state index in [-0.39, 0.29) is 6.10 Å². The van der Waals surface area contributed by atoms with Gasteiger partial charge in [-0.05, 0) is 105 Å². The van der Waals surface area contributed by atoms with Gasteiger partial charge in [-0.3, -0.25) is 0 Å². The topological polar surface area (TPSA) is 79.2 Å². The smallest absolute Gasteiger partial charge is 0.186 e. The number of hydrogen-bond donors (Lipinski definition) is 3. The second-order valence-electron chi connectivity index (χ2n) is 12.3. The maximum absolute atomic E-state index is 10.4. The van der Waals surface area contributed by atoms with Crippen LogP contribution in [0.25, 0.3) is 0 Å². The first-order chi connectivity index (χ1) is 15.2. The molecule has 1 saturated heterocycles. The summed E-state index contributed by atoms with van der Waals surface area (Å²) in [4.78, 5) is 0. The summed E-state index contributed by atoms with van der Waals surface area (Å²) in [6.07, 6.45) is 8.54. The van der Waals surface area contributed by atoms with E-state index in [1.165, 1.54) is 44.9 Å². The average Bonchev–Trinajstić information content (AvgIpc) is 3.12. The summed E-state index contributed by atoms with van der Waals surface area (Å²) in [5, 5.41) is 30.5. The fourth-order valence-electron chi connectivity index (χ4n) is 9.09. The molecule has 5 rings (SSSR count). The normalized spacial score (nSPS) is 57.9. The van der Waals surface area contributed by atoms with Gasteiger partial charge >= 0.3 is 0 Å². The van der Waals surface area contributed by atoms with E-state index in [4.69, 9.17) is 9.47 Å². The van der Waals surface area contributed by atoms with Gasteiger partial charge in [0.05, 0.1) is 12.2 Å². The summed E-state index contributed by atoms with van der Waals surface area (Å²) < 4.78 is 11.9. The third kappa shape index (κ3) is 3.45. The quantitative estimate of drug-likeness (QED) is 0.449. The third-order valence-corrected chi connectivity index (χ3v) is 11.1. The van der Waals surface area contributed by atoms with Crippen LogP contribution in [0, 0.1) is 40.4 Å². The molecular formula is C27H44O5. The van der Waals surface area contributed by atoms with Crippen LogP contribution in [0.1, 0.15) is 78.6 Å². The van der Waals surface area contributed by atoms with Crippen molar-refractivity contribution in [2.24, 2.45) is 40.4 Å². The van der Waals surface area contributed by atoms with Gasteiger partial charge in [0.25, 0.3) is 0 Å². The Morgan fingerprint density at radius 1 is 0.875 bits per heavy atom. The maximum Gasteiger partial charge on any atom is 0.186 e. The van der Waals surface area contributed by atoms with Crippen molar-refractivity contribution in [3.8, 4) is 0 Å². The minimum absolute atomic E-state index is 0.0457.